The molecule has 20 heavy (non-hydrogen) atoms. The average Bonchev–Trinajstić information content (AvgIpc) is 2.39. The molecule has 1 aliphatic rings. The van der Waals surface area contributed by atoms with Gasteiger partial charge in [0.2, 0.25) is 0 Å². The summed E-state index contributed by atoms with van der Waals surface area (Å²) in [5.41, 5.74) is 0.0628. The Bertz CT molecular complexity index is 488. The molecule has 1 unspecified atom stereocenters. The maximum absolute atomic E-state index is 13.7. The highest BCUT2D eigenvalue weighted by molar-refractivity contribution is 9.10. The van der Waals surface area contributed by atoms with Gasteiger partial charge in [0.25, 0.3) is 0 Å². The SMILES string of the molecule is Fc1ccc(F)c(CN2CCCC(C(F)(F)F)C2)c1Br. The van der Waals surface area contributed by atoms with Gasteiger partial charge in [-0.15, -0.1) is 0 Å². The van der Waals surface area contributed by atoms with Gasteiger partial charge >= 0.3 is 6.18 Å². The highest BCUT2D eigenvalue weighted by atomic mass is 79.9. The molecule has 1 nitrogen and oxygen atoms in total. The Morgan fingerprint density at radius 3 is 2.50 bits per heavy atom. The minimum Gasteiger partial charge on any atom is -0.298 e. The van der Waals surface area contributed by atoms with Crippen molar-refractivity contribution in [2.45, 2.75) is 25.6 Å². The summed E-state index contributed by atoms with van der Waals surface area (Å²) >= 11 is 2.95. The van der Waals surface area contributed by atoms with E-state index in [4.69, 9.17) is 0 Å². The van der Waals surface area contributed by atoms with Crippen molar-refractivity contribution < 1.29 is 22.0 Å². The van der Waals surface area contributed by atoms with E-state index in [1.807, 2.05) is 0 Å². The maximum Gasteiger partial charge on any atom is 0.393 e. The summed E-state index contributed by atoms with van der Waals surface area (Å²) in [4.78, 5) is 1.52. The minimum atomic E-state index is -4.24. The molecule has 1 aromatic carbocycles. The van der Waals surface area contributed by atoms with Crippen molar-refractivity contribution in [3.63, 3.8) is 0 Å². The lowest BCUT2D eigenvalue weighted by molar-refractivity contribution is -0.187. The van der Waals surface area contributed by atoms with Crippen LogP contribution >= 0.6 is 15.9 Å². The highest BCUT2D eigenvalue weighted by Crippen LogP contribution is 2.34. The fourth-order valence-corrected chi connectivity index (χ4v) is 2.85. The number of rotatable bonds is 2. The monoisotopic (exact) mass is 357 g/mol. The van der Waals surface area contributed by atoms with Gasteiger partial charge in [0.15, 0.2) is 0 Å². The lowest BCUT2D eigenvalue weighted by Gasteiger charge is -2.33. The number of hydrogen-bond acceptors (Lipinski definition) is 1. The number of hydrogen-bond donors (Lipinski definition) is 0. The Labute approximate surface area is 121 Å². The van der Waals surface area contributed by atoms with Gasteiger partial charge in [0.1, 0.15) is 11.6 Å². The summed E-state index contributed by atoms with van der Waals surface area (Å²) < 4.78 is 65.1. The molecule has 0 aliphatic carbocycles. The largest absolute Gasteiger partial charge is 0.393 e. The fraction of sp³-hybridized carbons (Fsp3) is 0.538. The summed E-state index contributed by atoms with van der Waals surface area (Å²) in [5, 5.41) is 0. The Hall–Kier alpha value is -0.690. The van der Waals surface area contributed by atoms with Gasteiger partial charge in [0, 0.05) is 18.7 Å². The first-order valence-corrected chi connectivity index (χ1v) is 6.99. The van der Waals surface area contributed by atoms with E-state index in [9.17, 15) is 22.0 Å². The second-order valence-electron chi connectivity index (χ2n) is 4.94. The molecule has 2 rings (SSSR count). The first kappa shape index (κ1) is 15.7. The van der Waals surface area contributed by atoms with Gasteiger partial charge in [-0.05, 0) is 47.4 Å². The van der Waals surface area contributed by atoms with Crippen molar-refractivity contribution in [3.8, 4) is 0 Å². The first-order valence-electron chi connectivity index (χ1n) is 6.20. The van der Waals surface area contributed by atoms with Crippen molar-refractivity contribution in [2.75, 3.05) is 13.1 Å². The van der Waals surface area contributed by atoms with Crippen LogP contribution in [0.1, 0.15) is 18.4 Å². The third-order valence-corrected chi connectivity index (χ3v) is 4.35. The van der Waals surface area contributed by atoms with E-state index < -0.39 is 23.7 Å². The molecule has 112 valence electrons. The van der Waals surface area contributed by atoms with E-state index >= 15 is 0 Å². The van der Waals surface area contributed by atoms with Crippen LogP contribution in [-0.2, 0) is 6.54 Å². The van der Waals surface area contributed by atoms with E-state index in [0.29, 0.717) is 13.0 Å². The molecule has 0 spiro atoms. The summed E-state index contributed by atoms with van der Waals surface area (Å²) in [6, 6.07) is 1.97. The van der Waals surface area contributed by atoms with Crippen LogP contribution in [0.3, 0.4) is 0 Å². The van der Waals surface area contributed by atoms with Crippen LogP contribution in [0.2, 0.25) is 0 Å². The minimum absolute atomic E-state index is 0.0216. The molecular weight excluding hydrogens is 345 g/mol. The Kier molecular flexibility index (Phi) is 4.69. The topological polar surface area (TPSA) is 3.24 Å². The van der Waals surface area contributed by atoms with Gasteiger partial charge in [0.05, 0.1) is 10.4 Å². The van der Waals surface area contributed by atoms with E-state index in [1.54, 1.807) is 0 Å². The number of alkyl halides is 3. The number of halogens is 6. The summed E-state index contributed by atoms with van der Waals surface area (Å²) in [7, 11) is 0. The molecule has 0 bridgehead atoms. The summed E-state index contributed by atoms with van der Waals surface area (Å²) in [5.74, 6) is -2.63. The van der Waals surface area contributed by atoms with Gasteiger partial charge in [-0.2, -0.15) is 13.2 Å². The van der Waals surface area contributed by atoms with Crippen molar-refractivity contribution in [1.29, 1.82) is 0 Å². The smallest absolute Gasteiger partial charge is 0.298 e. The van der Waals surface area contributed by atoms with Gasteiger partial charge in [-0.25, -0.2) is 8.78 Å². The molecule has 0 radical (unpaired) electrons. The Morgan fingerprint density at radius 2 is 1.85 bits per heavy atom. The predicted octanol–water partition coefficient (Wildman–Crippen LogP) is 4.50. The molecule has 1 atom stereocenters. The zero-order valence-electron chi connectivity index (χ0n) is 10.5. The third kappa shape index (κ3) is 3.49. The molecular formula is C13H13BrF5N. The second kappa shape index (κ2) is 5.97. The standard InChI is InChI=1S/C13H13BrF5N/c14-12-9(10(15)3-4-11(12)16)7-20-5-1-2-8(6-20)13(17,18)19/h3-4,8H,1-2,5-7H2. The van der Waals surface area contributed by atoms with Gasteiger partial charge in [-0.1, -0.05) is 0 Å². The zero-order chi connectivity index (χ0) is 14.9. The molecule has 1 aromatic rings. The third-order valence-electron chi connectivity index (χ3n) is 3.49. The maximum atomic E-state index is 13.7. The zero-order valence-corrected chi connectivity index (χ0v) is 12.1. The lowest BCUT2D eigenvalue weighted by Crippen LogP contribution is -2.41. The second-order valence-corrected chi connectivity index (χ2v) is 5.73. The van der Waals surface area contributed by atoms with Crippen LogP contribution in [0.25, 0.3) is 0 Å². The molecule has 0 saturated carbocycles. The predicted molar refractivity (Wildman–Crippen MR) is 68.1 cm³/mol. The van der Waals surface area contributed by atoms with E-state index in [0.717, 1.165) is 12.1 Å². The van der Waals surface area contributed by atoms with E-state index in [1.165, 1.54) is 4.90 Å². The molecule has 0 N–H and O–H groups in total. The molecule has 1 aliphatic heterocycles. The molecule has 1 heterocycles. The molecule has 0 amide bonds. The molecule has 7 heteroatoms. The molecule has 1 fully saturated rings. The fourth-order valence-electron chi connectivity index (χ4n) is 2.40. The van der Waals surface area contributed by atoms with E-state index in [-0.39, 0.29) is 29.5 Å². The summed E-state index contributed by atoms with van der Waals surface area (Å²) in [6.07, 6.45) is -3.75. The molecule has 1 saturated heterocycles. The van der Waals surface area contributed by atoms with Crippen molar-refractivity contribution in [2.24, 2.45) is 5.92 Å². The van der Waals surface area contributed by atoms with Gasteiger partial charge in [-0.3, -0.25) is 4.90 Å². The number of likely N-dealkylation sites (tertiary alicyclic amines) is 1. The number of nitrogens with zero attached hydrogens (tertiary/aromatic N) is 1. The van der Waals surface area contributed by atoms with E-state index in [2.05, 4.69) is 15.9 Å². The van der Waals surface area contributed by atoms with Gasteiger partial charge < -0.3 is 0 Å². The van der Waals surface area contributed by atoms with Crippen molar-refractivity contribution in [1.82, 2.24) is 4.90 Å². The van der Waals surface area contributed by atoms with Crippen molar-refractivity contribution >= 4 is 15.9 Å². The first-order chi connectivity index (χ1) is 9.29. The Balaban J connectivity index is 2.13. The van der Waals surface area contributed by atoms with Crippen LogP contribution in [0, 0.1) is 17.6 Å². The van der Waals surface area contributed by atoms with Crippen LogP contribution in [0.15, 0.2) is 16.6 Å². The average molecular weight is 358 g/mol. The van der Waals surface area contributed by atoms with Crippen LogP contribution in [-0.4, -0.2) is 24.2 Å². The normalized spacial score (nSPS) is 21.2. The van der Waals surface area contributed by atoms with Crippen molar-refractivity contribution in [3.05, 3.63) is 33.8 Å². The quantitative estimate of drug-likeness (QED) is 0.556. The van der Waals surface area contributed by atoms with Crippen LogP contribution in [0.5, 0.6) is 0 Å². The summed E-state index contributed by atoms with van der Waals surface area (Å²) in [6.45, 7) is 0.248. The Morgan fingerprint density at radius 1 is 1.20 bits per heavy atom. The lowest BCUT2D eigenvalue weighted by atomic mass is 9.97. The highest BCUT2D eigenvalue weighted by Gasteiger charge is 2.41. The number of piperidine rings is 1. The van der Waals surface area contributed by atoms with Crippen LogP contribution in [0.4, 0.5) is 22.0 Å². The molecule has 0 aromatic heterocycles. The van der Waals surface area contributed by atoms with Crippen LogP contribution < -0.4 is 0 Å². The number of benzene rings is 1.